The van der Waals surface area contributed by atoms with E-state index in [1.807, 2.05) is 36.4 Å². The summed E-state index contributed by atoms with van der Waals surface area (Å²) in [5, 5.41) is 2.87. The second-order valence-electron chi connectivity index (χ2n) is 10.6. The third kappa shape index (κ3) is 6.97. The number of rotatable bonds is 13. The SMILES string of the molecule is COC[C@@]1(COP(=O)(N[C@@H](Cc2ccccc2)C(=O)OC(C)C)Oc2ccccc2)C(=O)[C@@H]2CCN1[C@@H](C)C2. The van der Waals surface area contributed by atoms with Crippen molar-refractivity contribution in [3.63, 3.8) is 0 Å². The van der Waals surface area contributed by atoms with E-state index in [1.54, 1.807) is 45.2 Å². The molecule has 0 aromatic heterocycles. The minimum absolute atomic E-state index is 0.0278. The summed E-state index contributed by atoms with van der Waals surface area (Å²) in [7, 11) is -2.68. The van der Waals surface area contributed by atoms with Gasteiger partial charge in [-0.3, -0.25) is 19.0 Å². The van der Waals surface area contributed by atoms with Gasteiger partial charge in [-0.25, -0.2) is 4.57 Å². The van der Waals surface area contributed by atoms with E-state index < -0.39 is 25.3 Å². The molecule has 3 saturated heterocycles. The van der Waals surface area contributed by atoms with Crippen LogP contribution in [0.3, 0.4) is 0 Å². The summed E-state index contributed by atoms with van der Waals surface area (Å²) in [6.45, 7) is 6.19. The van der Waals surface area contributed by atoms with Gasteiger partial charge in [0.1, 0.15) is 17.3 Å². The quantitative estimate of drug-likeness (QED) is 0.283. The van der Waals surface area contributed by atoms with Crippen LogP contribution in [0, 0.1) is 5.92 Å². The molecule has 212 valence electrons. The number of carbonyl (C=O) groups excluding carboxylic acids is 2. The molecule has 10 heteroatoms. The molecule has 39 heavy (non-hydrogen) atoms. The number of esters is 1. The van der Waals surface area contributed by atoms with Crippen molar-refractivity contribution in [2.45, 2.75) is 63.8 Å². The number of Topliss-reactive ketones (excluding diaryl/α,β-unsaturated/α-hetero) is 1. The van der Waals surface area contributed by atoms with Crippen LogP contribution in [0.5, 0.6) is 5.75 Å². The van der Waals surface area contributed by atoms with Crippen LogP contribution < -0.4 is 9.61 Å². The number of hydrogen-bond donors (Lipinski definition) is 1. The first-order valence-electron chi connectivity index (χ1n) is 13.5. The van der Waals surface area contributed by atoms with Crippen molar-refractivity contribution in [1.29, 1.82) is 0 Å². The molecular weight excluding hydrogens is 519 g/mol. The fourth-order valence-corrected chi connectivity index (χ4v) is 7.14. The highest BCUT2D eigenvalue weighted by molar-refractivity contribution is 7.52. The Hall–Kier alpha value is -2.55. The van der Waals surface area contributed by atoms with E-state index in [-0.39, 0.29) is 43.5 Å². The van der Waals surface area contributed by atoms with Crippen molar-refractivity contribution in [2.24, 2.45) is 5.92 Å². The van der Waals surface area contributed by atoms with Gasteiger partial charge in [-0.2, -0.15) is 5.09 Å². The summed E-state index contributed by atoms with van der Waals surface area (Å²) in [5.74, 6) is -0.348. The van der Waals surface area contributed by atoms with Crippen LogP contribution in [0.1, 0.15) is 39.2 Å². The Morgan fingerprint density at radius 1 is 1.10 bits per heavy atom. The monoisotopic (exact) mass is 558 g/mol. The van der Waals surface area contributed by atoms with Gasteiger partial charge in [0.15, 0.2) is 5.78 Å². The lowest BCUT2D eigenvalue weighted by Gasteiger charge is -2.55. The van der Waals surface area contributed by atoms with Gasteiger partial charge in [-0.15, -0.1) is 0 Å². The van der Waals surface area contributed by atoms with E-state index in [0.717, 1.165) is 24.9 Å². The smallest absolute Gasteiger partial charge is 0.459 e. The van der Waals surface area contributed by atoms with Crippen molar-refractivity contribution in [3.05, 3.63) is 66.2 Å². The van der Waals surface area contributed by atoms with E-state index >= 15 is 0 Å². The first kappa shape index (κ1) is 29.4. The molecule has 0 saturated carbocycles. The van der Waals surface area contributed by atoms with Gasteiger partial charge >= 0.3 is 13.7 Å². The van der Waals surface area contributed by atoms with Crippen LogP contribution in [-0.2, 0) is 34.6 Å². The maximum absolute atomic E-state index is 14.4. The molecule has 2 aromatic rings. The number of para-hydroxylation sites is 1. The predicted molar refractivity (Wildman–Crippen MR) is 147 cm³/mol. The predicted octanol–water partition coefficient (Wildman–Crippen LogP) is 4.41. The molecule has 1 N–H and O–H groups in total. The standard InChI is InChI=1S/C29H39N2O7P/c1-21(2)37-28(33)26(18-23-11-7-5-8-12-23)30-39(34,38-25-13-9-6-10-14-25)36-20-29(19-35-4)27(32)24-15-16-31(29)22(3)17-24/h5-14,21-22,24,26H,15-20H2,1-4H3,(H,30,34)/t22-,24+,26-,29+,39?/m0/s1. The number of nitrogens with zero attached hydrogens (tertiary/aromatic N) is 1. The van der Waals surface area contributed by atoms with Gasteiger partial charge in [0.2, 0.25) is 0 Å². The lowest BCUT2D eigenvalue weighted by molar-refractivity contribution is -0.163. The third-order valence-electron chi connectivity index (χ3n) is 7.31. The first-order chi connectivity index (χ1) is 18.7. The van der Waals surface area contributed by atoms with Crippen molar-refractivity contribution in [3.8, 4) is 5.75 Å². The van der Waals surface area contributed by atoms with Gasteiger partial charge in [0, 0.05) is 25.6 Å². The molecule has 9 nitrogen and oxygen atoms in total. The molecule has 6 atom stereocenters. The fraction of sp³-hybridized carbons (Fsp3) is 0.517. The molecule has 3 aliphatic rings. The van der Waals surface area contributed by atoms with Gasteiger partial charge in [-0.05, 0) is 57.7 Å². The van der Waals surface area contributed by atoms with Crippen LogP contribution >= 0.6 is 7.75 Å². The van der Waals surface area contributed by atoms with E-state index in [2.05, 4.69) is 16.9 Å². The summed E-state index contributed by atoms with van der Waals surface area (Å²) in [4.78, 5) is 28.8. The lowest BCUT2D eigenvalue weighted by Crippen LogP contribution is -2.71. The minimum Gasteiger partial charge on any atom is -0.462 e. The van der Waals surface area contributed by atoms with Crippen molar-refractivity contribution in [2.75, 3.05) is 26.9 Å². The lowest BCUT2D eigenvalue weighted by atomic mass is 9.71. The molecular formula is C29H39N2O7P. The Balaban J connectivity index is 1.64. The van der Waals surface area contributed by atoms with Crippen LogP contribution in [0.15, 0.2) is 60.7 Å². The van der Waals surface area contributed by atoms with Gasteiger partial charge < -0.3 is 14.0 Å². The largest absolute Gasteiger partial charge is 0.462 e. The van der Waals surface area contributed by atoms with E-state index in [1.165, 1.54) is 0 Å². The molecule has 3 aliphatic heterocycles. The van der Waals surface area contributed by atoms with Gasteiger partial charge in [-0.1, -0.05) is 48.5 Å². The number of fused-ring (bicyclic) bond motifs is 3. The normalized spacial score (nSPS) is 26.7. The molecule has 0 aliphatic carbocycles. The Labute approximate surface area is 230 Å². The topological polar surface area (TPSA) is 103 Å². The van der Waals surface area contributed by atoms with Crippen LogP contribution in [0.2, 0.25) is 0 Å². The maximum Gasteiger partial charge on any atom is 0.459 e. The van der Waals surface area contributed by atoms with E-state index in [9.17, 15) is 14.2 Å². The van der Waals surface area contributed by atoms with Crippen LogP contribution in [0.4, 0.5) is 0 Å². The molecule has 0 radical (unpaired) electrons. The first-order valence-corrected chi connectivity index (χ1v) is 15.0. The molecule has 2 bridgehead atoms. The second-order valence-corrected chi connectivity index (χ2v) is 12.3. The number of nitrogens with one attached hydrogen (secondary N) is 1. The highest BCUT2D eigenvalue weighted by atomic mass is 31.2. The number of methoxy groups -OCH3 is 1. The average Bonchev–Trinajstić information content (AvgIpc) is 2.91. The van der Waals surface area contributed by atoms with Crippen molar-refractivity contribution < 1.29 is 32.7 Å². The van der Waals surface area contributed by atoms with Crippen LogP contribution in [-0.4, -0.2) is 67.2 Å². The summed E-state index contributed by atoms with van der Waals surface area (Å²) in [5.41, 5.74) is -0.252. The highest BCUT2D eigenvalue weighted by Crippen LogP contribution is 2.48. The Kier molecular flexibility index (Phi) is 9.62. The molecule has 3 fully saturated rings. The Morgan fingerprint density at radius 3 is 2.38 bits per heavy atom. The highest BCUT2D eigenvalue weighted by Gasteiger charge is 2.57. The number of piperidine rings is 3. The Bertz CT molecular complexity index is 1160. The van der Waals surface area contributed by atoms with E-state index in [0.29, 0.717) is 5.75 Å². The molecule has 3 heterocycles. The minimum atomic E-state index is -4.22. The number of ether oxygens (including phenoxy) is 2. The third-order valence-corrected chi connectivity index (χ3v) is 8.86. The molecule has 2 unspecified atom stereocenters. The number of benzene rings is 2. The molecule has 5 rings (SSSR count). The number of carbonyl (C=O) groups is 2. The fourth-order valence-electron chi connectivity index (χ4n) is 5.59. The second kappa shape index (κ2) is 12.7. The number of ketones is 1. The van der Waals surface area contributed by atoms with Crippen molar-refractivity contribution >= 4 is 19.5 Å². The molecule has 2 aromatic carbocycles. The maximum atomic E-state index is 14.4. The summed E-state index contributed by atoms with van der Waals surface area (Å²) < 4.78 is 37.4. The summed E-state index contributed by atoms with van der Waals surface area (Å²) in [6, 6.07) is 17.1. The van der Waals surface area contributed by atoms with Crippen LogP contribution in [0.25, 0.3) is 0 Å². The zero-order chi connectivity index (χ0) is 28.0. The summed E-state index contributed by atoms with van der Waals surface area (Å²) in [6.07, 6.45) is 1.39. The summed E-state index contributed by atoms with van der Waals surface area (Å²) >= 11 is 0. The average molecular weight is 559 g/mol. The molecule has 0 amide bonds. The Morgan fingerprint density at radius 2 is 1.77 bits per heavy atom. The van der Waals surface area contributed by atoms with Gasteiger partial charge in [0.25, 0.3) is 0 Å². The zero-order valence-corrected chi connectivity index (χ0v) is 24.0. The number of hydrogen-bond acceptors (Lipinski definition) is 8. The van der Waals surface area contributed by atoms with Crippen molar-refractivity contribution in [1.82, 2.24) is 9.99 Å². The van der Waals surface area contributed by atoms with E-state index in [4.69, 9.17) is 18.5 Å². The van der Waals surface area contributed by atoms with Gasteiger partial charge in [0.05, 0.1) is 19.3 Å². The zero-order valence-electron chi connectivity index (χ0n) is 23.1. The molecule has 0 spiro atoms.